The van der Waals surface area contributed by atoms with E-state index in [1.54, 1.807) is 26.0 Å². The van der Waals surface area contributed by atoms with E-state index in [4.69, 9.17) is 4.74 Å². The lowest BCUT2D eigenvalue weighted by molar-refractivity contribution is -0.151. The first-order chi connectivity index (χ1) is 11.3. The summed E-state index contributed by atoms with van der Waals surface area (Å²) in [6.45, 7) is 3.42. The average Bonchev–Trinajstić information content (AvgIpc) is 2.94. The zero-order valence-corrected chi connectivity index (χ0v) is 13.4. The molecule has 1 heterocycles. The maximum absolute atomic E-state index is 12.2. The highest BCUT2D eigenvalue weighted by Crippen LogP contribution is 2.12. The van der Waals surface area contributed by atoms with Gasteiger partial charge in [0.1, 0.15) is 17.5 Å². The number of hydrogen-bond donors (Lipinski definition) is 3. The van der Waals surface area contributed by atoms with Crippen LogP contribution in [0.1, 0.15) is 25.8 Å². The minimum Gasteiger partial charge on any atom is -0.508 e. The Morgan fingerprint density at radius 1 is 1.33 bits per heavy atom. The van der Waals surface area contributed by atoms with Crippen LogP contribution in [-0.2, 0) is 25.5 Å². The normalized spacial score (nSPS) is 14.8. The zero-order chi connectivity index (χ0) is 17.7. The van der Waals surface area contributed by atoms with Crippen molar-refractivity contribution >= 4 is 23.5 Å². The molecule has 128 valence electrons. The quantitative estimate of drug-likeness (QED) is 0.645. The van der Waals surface area contributed by atoms with Gasteiger partial charge in [0.05, 0.1) is 12.5 Å². The molecule has 1 atom stereocenters. The van der Waals surface area contributed by atoms with Crippen molar-refractivity contribution in [3.8, 4) is 5.75 Å². The second-order valence-electron chi connectivity index (χ2n) is 5.65. The molecular formula is C16H19N3O5. The van der Waals surface area contributed by atoms with Gasteiger partial charge in [0.15, 0.2) is 0 Å². The molecule has 0 bridgehead atoms. The third-order valence-corrected chi connectivity index (χ3v) is 3.22. The molecule has 1 aliphatic rings. The fraction of sp³-hybridized carbons (Fsp3) is 0.375. The van der Waals surface area contributed by atoms with Gasteiger partial charge in [-0.15, -0.1) is 0 Å². The number of hydrazone groups is 1. The number of nitrogens with zero attached hydrogens (tertiary/aromatic N) is 1. The van der Waals surface area contributed by atoms with Crippen LogP contribution in [0.3, 0.4) is 0 Å². The van der Waals surface area contributed by atoms with E-state index in [2.05, 4.69) is 15.8 Å². The number of carbonyl (C=O) groups excluding carboxylic acids is 3. The highest BCUT2D eigenvalue weighted by Gasteiger charge is 2.28. The van der Waals surface area contributed by atoms with Crippen LogP contribution in [0.15, 0.2) is 29.4 Å². The Hall–Kier alpha value is -2.90. The standard InChI is InChI=1S/C16H19N3O5/c1-9(2)24-16(23)13(7-10-3-5-11(20)6-4-10)17-15(22)12-8-14(21)19-18-12/h3-6,9,13,20H,7-8H2,1-2H3,(H,17,22)(H,19,21)/t13-/m0/s1. The maximum Gasteiger partial charge on any atom is 0.329 e. The molecule has 0 unspecified atom stereocenters. The summed E-state index contributed by atoms with van der Waals surface area (Å²) in [5.74, 6) is -1.45. The Balaban J connectivity index is 2.10. The van der Waals surface area contributed by atoms with Crippen molar-refractivity contribution in [3.05, 3.63) is 29.8 Å². The molecule has 2 amide bonds. The fourth-order valence-corrected chi connectivity index (χ4v) is 2.11. The first kappa shape index (κ1) is 17.5. The first-order valence-electron chi connectivity index (χ1n) is 7.50. The highest BCUT2D eigenvalue weighted by atomic mass is 16.5. The van der Waals surface area contributed by atoms with Gasteiger partial charge in [-0.3, -0.25) is 9.59 Å². The lowest BCUT2D eigenvalue weighted by atomic mass is 10.1. The van der Waals surface area contributed by atoms with Crippen LogP contribution in [0.5, 0.6) is 5.75 Å². The Labute approximate surface area is 138 Å². The summed E-state index contributed by atoms with van der Waals surface area (Å²) in [7, 11) is 0. The number of nitrogens with one attached hydrogen (secondary N) is 2. The smallest absolute Gasteiger partial charge is 0.329 e. The molecule has 1 aliphatic heterocycles. The van der Waals surface area contributed by atoms with E-state index in [1.165, 1.54) is 12.1 Å². The van der Waals surface area contributed by atoms with E-state index in [-0.39, 0.29) is 36.3 Å². The summed E-state index contributed by atoms with van der Waals surface area (Å²) in [6.07, 6.45) is -0.271. The van der Waals surface area contributed by atoms with Crippen molar-refractivity contribution in [2.75, 3.05) is 0 Å². The van der Waals surface area contributed by atoms with Crippen molar-refractivity contribution in [3.63, 3.8) is 0 Å². The second-order valence-corrected chi connectivity index (χ2v) is 5.65. The van der Waals surface area contributed by atoms with E-state index in [1.807, 2.05) is 0 Å². The number of esters is 1. The molecule has 0 aromatic heterocycles. The number of amides is 2. The van der Waals surface area contributed by atoms with Gasteiger partial charge in [-0.1, -0.05) is 12.1 Å². The second kappa shape index (κ2) is 7.58. The highest BCUT2D eigenvalue weighted by molar-refractivity contribution is 6.43. The SMILES string of the molecule is CC(C)OC(=O)[C@H](Cc1ccc(O)cc1)NC(=O)C1=NNC(=O)C1. The third kappa shape index (κ3) is 4.80. The molecule has 0 saturated carbocycles. The van der Waals surface area contributed by atoms with Gasteiger partial charge >= 0.3 is 5.97 Å². The summed E-state index contributed by atoms with van der Waals surface area (Å²) in [4.78, 5) is 35.5. The summed E-state index contributed by atoms with van der Waals surface area (Å²) < 4.78 is 5.17. The van der Waals surface area contributed by atoms with Crippen LogP contribution in [-0.4, -0.2) is 40.7 Å². The molecule has 8 heteroatoms. The molecule has 1 aromatic carbocycles. The van der Waals surface area contributed by atoms with Gasteiger partial charge in [0, 0.05) is 6.42 Å². The van der Waals surface area contributed by atoms with Gasteiger partial charge in [-0.2, -0.15) is 5.10 Å². The average molecular weight is 333 g/mol. The number of phenolic OH excluding ortho intramolecular Hbond substituents is 1. The Morgan fingerprint density at radius 2 is 2.00 bits per heavy atom. The van der Waals surface area contributed by atoms with Gasteiger partial charge in [-0.05, 0) is 31.5 Å². The Kier molecular flexibility index (Phi) is 5.51. The minimum absolute atomic E-state index is 0.0213. The number of hydrogen-bond acceptors (Lipinski definition) is 6. The summed E-state index contributed by atoms with van der Waals surface area (Å²) >= 11 is 0. The first-order valence-corrected chi connectivity index (χ1v) is 7.50. The molecule has 0 radical (unpaired) electrons. The molecule has 0 fully saturated rings. The lowest BCUT2D eigenvalue weighted by Gasteiger charge is -2.19. The van der Waals surface area contributed by atoms with E-state index in [0.29, 0.717) is 0 Å². The Morgan fingerprint density at radius 3 is 2.54 bits per heavy atom. The number of phenols is 1. The van der Waals surface area contributed by atoms with Crippen LogP contribution < -0.4 is 10.7 Å². The van der Waals surface area contributed by atoms with Gasteiger partial charge < -0.3 is 15.2 Å². The maximum atomic E-state index is 12.2. The summed E-state index contributed by atoms with van der Waals surface area (Å²) in [5.41, 5.74) is 2.94. The van der Waals surface area contributed by atoms with Crippen molar-refractivity contribution < 1.29 is 24.2 Å². The summed E-state index contributed by atoms with van der Waals surface area (Å²) in [6, 6.07) is 5.35. The van der Waals surface area contributed by atoms with E-state index < -0.39 is 17.9 Å². The van der Waals surface area contributed by atoms with Crippen LogP contribution >= 0.6 is 0 Å². The molecule has 1 aromatic rings. The molecule has 2 rings (SSSR count). The third-order valence-electron chi connectivity index (χ3n) is 3.22. The van der Waals surface area contributed by atoms with Gasteiger partial charge in [-0.25, -0.2) is 10.2 Å². The van der Waals surface area contributed by atoms with Crippen LogP contribution in [0.25, 0.3) is 0 Å². The van der Waals surface area contributed by atoms with Crippen molar-refractivity contribution in [2.24, 2.45) is 5.10 Å². The number of rotatable bonds is 6. The van der Waals surface area contributed by atoms with Gasteiger partial charge in [0.2, 0.25) is 5.91 Å². The number of ether oxygens (including phenoxy) is 1. The van der Waals surface area contributed by atoms with E-state index in [9.17, 15) is 19.5 Å². The molecular weight excluding hydrogens is 314 g/mol. The monoisotopic (exact) mass is 333 g/mol. The predicted molar refractivity (Wildman–Crippen MR) is 85.2 cm³/mol. The van der Waals surface area contributed by atoms with Crippen molar-refractivity contribution in [1.29, 1.82) is 0 Å². The molecule has 0 aliphatic carbocycles. The van der Waals surface area contributed by atoms with E-state index in [0.717, 1.165) is 5.56 Å². The molecule has 3 N–H and O–H groups in total. The fourth-order valence-electron chi connectivity index (χ4n) is 2.11. The number of benzene rings is 1. The molecule has 0 spiro atoms. The zero-order valence-electron chi connectivity index (χ0n) is 13.4. The molecule has 0 saturated heterocycles. The summed E-state index contributed by atoms with van der Waals surface area (Å²) in [5, 5.41) is 15.5. The van der Waals surface area contributed by atoms with Crippen LogP contribution in [0.2, 0.25) is 0 Å². The molecule has 8 nitrogen and oxygen atoms in total. The van der Waals surface area contributed by atoms with Crippen molar-refractivity contribution in [2.45, 2.75) is 38.8 Å². The lowest BCUT2D eigenvalue weighted by Crippen LogP contribution is -2.46. The number of aromatic hydroxyl groups is 1. The Bertz CT molecular complexity index is 667. The predicted octanol–water partition coefficient (Wildman–Crippen LogP) is 0.247. The molecule has 24 heavy (non-hydrogen) atoms. The topological polar surface area (TPSA) is 117 Å². The van der Waals surface area contributed by atoms with Crippen LogP contribution in [0, 0.1) is 0 Å². The largest absolute Gasteiger partial charge is 0.508 e. The minimum atomic E-state index is -0.928. The van der Waals surface area contributed by atoms with E-state index >= 15 is 0 Å². The van der Waals surface area contributed by atoms with Gasteiger partial charge in [0.25, 0.3) is 5.91 Å². The van der Waals surface area contributed by atoms with Crippen molar-refractivity contribution in [1.82, 2.24) is 10.7 Å². The number of carbonyl (C=O) groups is 3. The van der Waals surface area contributed by atoms with Crippen LogP contribution in [0.4, 0.5) is 0 Å².